The first-order valence-corrected chi connectivity index (χ1v) is 7.63. The molecule has 0 aliphatic carbocycles. The predicted molar refractivity (Wildman–Crippen MR) is 83.8 cm³/mol. The largest absolute Gasteiger partial charge is 0.317 e. The maximum absolute atomic E-state index is 11.6. The molecule has 0 atom stereocenters. The molecule has 0 spiro atoms. The Kier molecular flexibility index (Phi) is 3.81. The van der Waals surface area contributed by atoms with Crippen LogP contribution in [0.4, 0.5) is 0 Å². The summed E-state index contributed by atoms with van der Waals surface area (Å²) in [5.74, 6) is 0.424. The van der Waals surface area contributed by atoms with E-state index in [1.165, 1.54) is 22.3 Å². The van der Waals surface area contributed by atoms with Crippen molar-refractivity contribution in [3.05, 3.63) is 34.4 Å². The number of hydrogen-bond donors (Lipinski definition) is 0. The highest BCUT2D eigenvalue weighted by Gasteiger charge is 2.44. The zero-order chi connectivity index (χ0) is 15.1. The molecule has 110 valence electrons. The number of likely N-dealkylation sites (tertiary alicyclic amines) is 1. The minimum atomic E-state index is 0.0449. The summed E-state index contributed by atoms with van der Waals surface area (Å²) in [4.78, 5) is 11.6. The van der Waals surface area contributed by atoms with E-state index >= 15 is 0 Å². The van der Waals surface area contributed by atoms with E-state index in [9.17, 15) is 4.79 Å². The number of carbonyl (C=O) groups is 1. The van der Waals surface area contributed by atoms with Gasteiger partial charge in [0, 0.05) is 5.56 Å². The van der Waals surface area contributed by atoms with E-state index in [0.29, 0.717) is 5.78 Å². The van der Waals surface area contributed by atoms with Crippen molar-refractivity contribution >= 4 is 5.78 Å². The molecule has 2 heteroatoms. The molecule has 2 rings (SSSR count). The van der Waals surface area contributed by atoms with Crippen LogP contribution in [0.3, 0.4) is 0 Å². The van der Waals surface area contributed by atoms with E-state index in [4.69, 9.17) is 0 Å². The third-order valence-electron chi connectivity index (χ3n) is 5.84. The van der Waals surface area contributed by atoms with Crippen molar-refractivity contribution in [1.82, 2.24) is 0 Å². The Morgan fingerprint density at radius 3 is 2.10 bits per heavy atom. The van der Waals surface area contributed by atoms with Crippen LogP contribution >= 0.6 is 0 Å². The van der Waals surface area contributed by atoms with E-state index in [0.717, 1.165) is 30.4 Å². The van der Waals surface area contributed by atoms with Crippen molar-refractivity contribution < 1.29 is 9.28 Å². The summed E-state index contributed by atoms with van der Waals surface area (Å²) in [7, 11) is 2.31. The fourth-order valence-corrected chi connectivity index (χ4v) is 3.45. The molecule has 1 fully saturated rings. The lowest BCUT2D eigenvalue weighted by Crippen LogP contribution is -2.60. The van der Waals surface area contributed by atoms with Crippen molar-refractivity contribution in [2.24, 2.45) is 0 Å². The van der Waals surface area contributed by atoms with E-state index < -0.39 is 0 Å². The standard InChI is InChI=1S/C18H28NO/c1-13-7-8-17(15(3)14(13)2)18(4,5)19(6)11-9-16(20)10-12-19/h7-8H,9-12H2,1-6H3/q+1. The van der Waals surface area contributed by atoms with Gasteiger partial charge in [0.05, 0.1) is 33.0 Å². The van der Waals surface area contributed by atoms with Crippen LogP contribution in [0.25, 0.3) is 0 Å². The maximum Gasteiger partial charge on any atom is 0.144 e. The number of quaternary nitrogens is 1. The summed E-state index contributed by atoms with van der Waals surface area (Å²) in [6.07, 6.45) is 1.45. The van der Waals surface area contributed by atoms with Crippen LogP contribution < -0.4 is 0 Å². The molecular formula is C18H28NO+. The molecular weight excluding hydrogens is 246 g/mol. The van der Waals surface area contributed by atoms with E-state index in [1.807, 2.05) is 0 Å². The number of benzene rings is 1. The molecule has 0 N–H and O–H groups in total. The Hall–Kier alpha value is -1.15. The SMILES string of the molecule is Cc1ccc(C(C)(C)[N+]2(C)CCC(=O)CC2)c(C)c1C. The van der Waals surface area contributed by atoms with Crippen molar-refractivity contribution in [3.63, 3.8) is 0 Å². The first kappa shape index (κ1) is 15.2. The molecule has 0 amide bonds. The molecule has 0 aromatic heterocycles. The zero-order valence-corrected chi connectivity index (χ0v) is 13.8. The molecule has 0 bridgehead atoms. The number of carbonyl (C=O) groups excluding carboxylic acids is 1. The topological polar surface area (TPSA) is 17.1 Å². The molecule has 2 nitrogen and oxygen atoms in total. The second kappa shape index (κ2) is 5.00. The molecule has 1 aliphatic heterocycles. The monoisotopic (exact) mass is 274 g/mol. The Morgan fingerprint density at radius 2 is 1.55 bits per heavy atom. The van der Waals surface area contributed by atoms with E-state index in [2.05, 4.69) is 53.8 Å². The minimum absolute atomic E-state index is 0.0449. The number of Topliss-reactive ketones (excluding diaryl/α,β-unsaturated/α-hetero) is 1. The van der Waals surface area contributed by atoms with Gasteiger partial charge in [-0.3, -0.25) is 4.79 Å². The molecule has 1 heterocycles. The number of piperidine rings is 1. The molecule has 1 aromatic rings. The smallest absolute Gasteiger partial charge is 0.144 e. The average molecular weight is 274 g/mol. The van der Waals surface area contributed by atoms with Gasteiger partial charge in [0.1, 0.15) is 11.3 Å². The van der Waals surface area contributed by atoms with Crippen LogP contribution in [0.15, 0.2) is 12.1 Å². The summed E-state index contributed by atoms with van der Waals surface area (Å²) in [6.45, 7) is 13.2. The first-order chi connectivity index (χ1) is 9.19. The van der Waals surface area contributed by atoms with Gasteiger partial charge in [-0.25, -0.2) is 0 Å². The fourth-order valence-electron chi connectivity index (χ4n) is 3.45. The van der Waals surface area contributed by atoms with Gasteiger partial charge >= 0.3 is 0 Å². The predicted octanol–water partition coefficient (Wildman–Crippen LogP) is 3.66. The highest BCUT2D eigenvalue weighted by Crippen LogP contribution is 2.38. The summed E-state index contributed by atoms with van der Waals surface area (Å²) in [5, 5.41) is 0. The minimum Gasteiger partial charge on any atom is -0.317 e. The van der Waals surface area contributed by atoms with Crippen LogP contribution in [0, 0.1) is 20.8 Å². The van der Waals surface area contributed by atoms with Gasteiger partial charge < -0.3 is 4.48 Å². The normalized spacial score (nSPS) is 19.2. The van der Waals surface area contributed by atoms with Gasteiger partial charge in [0.15, 0.2) is 0 Å². The van der Waals surface area contributed by atoms with Crippen LogP contribution in [0.1, 0.15) is 48.9 Å². The fraction of sp³-hybridized carbons (Fsp3) is 0.611. The Morgan fingerprint density at radius 1 is 1.00 bits per heavy atom. The summed E-state index contributed by atoms with van der Waals surface area (Å²) in [5.41, 5.74) is 5.64. The Balaban J connectivity index is 2.44. The van der Waals surface area contributed by atoms with Crippen LogP contribution in [0.5, 0.6) is 0 Å². The lowest BCUT2D eigenvalue weighted by atomic mass is 9.82. The third kappa shape index (κ3) is 2.31. The summed E-state index contributed by atoms with van der Waals surface area (Å²) < 4.78 is 0.960. The van der Waals surface area contributed by atoms with Gasteiger partial charge in [0.2, 0.25) is 0 Å². The third-order valence-corrected chi connectivity index (χ3v) is 5.84. The number of nitrogens with zero attached hydrogens (tertiary/aromatic N) is 1. The molecule has 1 aliphatic rings. The maximum atomic E-state index is 11.6. The Labute approximate surface area is 123 Å². The van der Waals surface area contributed by atoms with Gasteiger partial charge in [0.25, 0.3) is 0 Å². The van der Waals surface area contributed by atoms with E-state index in [1.54, 1.807) is 0 Å². The molecule has 0 radical (unpaired) electrons. The first-order valence-electron chi connectivity index (χ1n) is 7.63. The van der Waals surface area contributed by atoms with Gasteiger partial charge in [-0.2, -0.15) is 0 Å². The average Bonchev–Trinajstić information content (AvgIpc) is 2.39. The van der Waals surface area contributed by atoms with Crippen LogP contribution in [-0.2, 0) is 10.3 Å². The number of ketones is 1. The lowest BCUT2D eigenvalue weighted by Gasteiger charge is -2.50. The zero-order valence-electron chi connectivity index (χ0n) is 13.8. The summed E-state index contributed by atoms with van der Waals surface area (Å²) >= 11 is 0. The molecule has 1 saturated heterocycles. The quantitative estimate of drug-likeness (QED) is 0.752. The van der Waals surface area contributed by atoms with E-state index in [-0.39, 0.29) is 5.54 Å². The molecule has 0 saturated carbocycles. The highest BCUT2D eigenvalue weighted by molar-refractivity contribution is 5.79. The summed E-state index contributed by atoms with van der Waals surface area (Å²) in [6, 6.07) is 4.53. The highest BCUT2D eigenvalue weighted by atomic mass is 16.1. The lowest BCUT2D eigenvalue weighted by molar-refractivity contribution is -0.964. The molecule has 1 aromatic carbocycles. The molecule has 0 unspecified atom stereocenters. The number of rotatable bonds is 2. The number of hydrogen-bond acceptors (Lipinski definition) is 1. The Bertz CT molecular complexity index is 533. The van der Waals surface area contributed by atoms with Crippen LogP contribution in [-0.4, -0.2) is 30.4 Å². The molecule has 20 heavy (non-hydrogen) atoms. The second-order valence-corrected chi connectivity index (χ2v) is 7.12. The number of aryl methyl sites for hydroxylation is 1. The van der Waals surface area contributed by atoms with Gasteiger partial charge in [-0.1, -0.05) is 12.1 Å². The second-order valence-electron chi connectivity index (χ2n) is 7.12. The van der Waals surface area contributed by atoms with Gasteiger partial charge in [-0.15, -0.1) is 0 Å². The van der Waals surface area contributed by atoms with Crippen molar-refractivity contribution in [2.75, 3.05) is 20.1 Å². The van der Waals surface area contributed by atoms with Crippen LogP contribution in [0.2, 0.25) is 0 Å². The van der Waals surface area contributed by atoms with Gasteiger partial charge in [-0.05, 0) is 51.3 Å². The van der Waals surface area contributed by atoms with Crippen molar-refractivity contribution in [3.8, 4) is 0 Å². The van der Waals surface area contributed by atoms with Crippen molar-refractivity contribution in [1.29, 1.82) is 0 Å². The van der Waals surface area contributed by atoms with Crippen molar-refractivity contribution in [2.45, 2.75) is 53.0 Å².